The van der Waals surface area contributed by atoms with Gasteiger partial charge < -0.3 is 24.0 Å². The molecule has 0 N–H and O–H groups in total. The Morgan fingerprint density at radius 3 is 2.00 bits per heavy atom. The number of halogens is 1. The Balaban J connectivity index is 0.00000338. The number of hydrogen-bond acceptors (Lipinski definition) is 0. The van der Waals surface area contributed by atoms with Gasteiger partial charge in [0.1, 0.15) is 0 Å². The average Bonchev–Trinajstić information content (AvgIpc) is 2.96. The molecular weight excluding hydrogens is 538 g/mol. The van der Waals surface area contributed by atoms with Crippen molar-refractivity contribution in [2.45, 2.75) is 72.7 Å². The van der Waals surface area contributed by atoms with Crippen LogP contribution in [0.5, 0.6) is 0 Å². The summed E-state index contributed by atoms with van der Waals surface area (Å²) in [4.78, 5) is 0. The predicted molar refractivity (Wildman–Crippen MR) is 111 cm³/mol. The molecule has 0 fully saturated rings. The Labute approximate surface area is 182 Å². The molecule has 0 unspecified atom stereocenters. The van der Waals surface area contributed by atoms with Gasteiger partial charge in [-0.2, -0.15) is 0 Å². The first-order chi connectivity index (χ1) is 12.1. The molecule has 0 aliphatic heterocycles. The summed E-state index contributed by atoms with van der Waals surface area (Å²) in [5.41, 5.74) is 0. The zero-order chi connectivity index (χ0) is 18.1. The van der Waals surface area contributed by atoms with Crippen LogP contribution in [0.2, 0.25) is 13.3 Å². The minimum absolute atomic E-state index is 0. The third-order valence-electron chi connectivity index (χ3n) is 5.85. The van der Waals surface area contributed by atoms with E-state index in [-0.39, 0.29) is 24.0 Å². The molecule has 0 saturated heterocycles. The van der Waals surface area contributed by atoms with Crippen LogP contribution in [0.1, 0.15) is 51.8 Å². The molecule has 0 aliphatic carbocycles. The first-order valence-corrected chi connectivity index (χ1v) is 17.7. The van der Waals surface area contributed by atoms with Gasteiger partial charge in [-0.05, 0) is 0 Å². The SMILES string of the molecule is CCC[CH2][Sn]([CH2]CCC)([CH2]CCn1cc[n+](C)c1C)[c]1ccccc1.[I-]. The van der Waals surface area contributed by atoms with Crippen LogP contribution in [-0.2, 0) is 13.6 Å². The van der Waals surface area contributed by atoms with E-state index in [1.165, 1.54) is 57.8 Å². The summed E-state index contributed by atoms with van der Waals surface area (Å²) < 4.78 is 11.0. The molecule has 1 heterocycles. The van der Waals surface area contributed by atoms with E-state index in [2.05, 4.69) is 79.7 Å². The number of imidazole rings is 1. The fourth-order valence-electron chi connectivity index (χ4n) is 4.05. The molecule has 0 radical (unpaired) electrons. The third kappa shape index (κ3) is 6.54. The summed E-state index contributed by atoms with van der Waals surface area (Å²) in [5, 5.41) is 0. The zero-order valence-electron chi connectivity index (χ0n) is 17.2. The second kappa shape index (κ2) is 12.4. The topological polar surface area (TPSA) is 8.81 Å². The Morgan fingerprint density at radius 2 is 1.50 bits per heavy atom. The Morgan fingerprint density at radius 1 is 0.923 bits per heavy atom. The Bertz CT molecular complexity index is 616. The van der Waals surface area contributed by atoms with E-state index in [0.717, 1.165) is 0 Å². The normalized spacial score (nSPS) is 11.4. The first-order valence-electron chi connectivity index (χ1n) is 10.2. The van der Waals surface area contributed by atoms with Crippen molar-refractivity contribution in [1.29, 1.82) is 0 Å². The van der Waals surface area contributed by atoms with Gasteiger partial charge in [0.25, 0.3) is 0 Å². The van der Waals surface area contributed by atoms with E-state index in [1.54, 1.807) is 3.58 Å². The van der Waals surface area contributed by atoms with E-state index >= 15 is 0 Å². The Hall–Kier alpha value is -0.0413. The molecule has 0 amide bonds. The number of nitrogens with zero attached hydrogens (tertiary/aromatic N) is 2. The molecular formula is C22H37IN2Sn. The maximum atomic E-state index is 2.46. The van der Waals surface area contributed by atoms with Gasteiger partial charge in [0.15, 0.2) is 0 Å². The molecule has 0 atom stereocenters. The molecule has 2 nitrogen and oxygen atoms in total. The van der Waals surface area contributed by atoms with Gasteiger partial charge in [-0.3, -0.25) is 0 Å². The maximum absolute atomic E-state index is 2.46. The second-order valence-electron chi connectivity index (χ2n) is 7.61. The number of benzene rings is 1. The van der Waals surface area contributed by atoms with Crippen LogP contribution in [0.15, 0.2) is 42.7 Å². The van der Waals surface area contributed by atoms with E-state index in [9.17, 15) is 0 Å². The molecule has 0 saturated carbocycles. The molecule has 2 rings (SSSR count). The van der Waals surface area contributed by atoms with E-state index in [0.29, 0.717) is 0 Å². The van der Waals surface area contributed by atoms with Crippen molar-refractivity contribution in [3.05, 3.63) is 48.5 Å². The first kappa shape index (κ1) is 24.0. The van der Waals surface area contributed by atoms with E-state index in [4.69, 9.17) is 0 Å². The van der Waals surface area contributed by atoms with Crippen LogP contribution >= 0.6 is 0 Å². The molecule has 0 spiro atoms. The summed E-state index contributed by atoms with van der Waals surface area (Å²) in [6.45, 7) is 8.10. The zero-order valence-corrected chi connectivity index (χ0v) is 22.2. The monoisotopic (exact) mass is 576 g/mol. The minimum atomic E-state index is -2.30. The van der Waals surface area contributed by atoms with Crippen molar-refractivity contribution in [2.24, 2.45) is 7.05 Å². The minimum Gasteiger partial charge on any atom is -1.00 e. The quantitative estimate of drug-likeness (QED) is 0.221. The van der Waals surface area contributed by atoms with Crippen molar-refractivity contribution in [3.8, 4) is 0 Å². The molecule has 1 aromatic carbocycles. The van der Waals surface area contributed by atoms with Crippen LogP contribution in [-0.4, -0.2) is 22.9 Å². The summed E-state index contributed by atoms with van der Waals surface area (Å²) in [5.74, 6) is 1.36. The molecule has 0 bridgehead atoms. The van der Waals surface area contributed by atoms with Crippen molar-refractivity contribution < 1.29 is 28.5 Å². The van der Waals surface area contributed by atoms with E-state index in [1.807, 2.05) is 0 Å². The average molecular weight is 575 g/mol. The van der Waals surface area contributed by atoms with Crippen LogP contribution < -0.4 is 32.1 Å². The number of rotatable bonds is 11. The molecule has 4 heteroatoms. The summed E-state index contributed by atoms with van der Waals surface area (Å²) in [7, 11) is 2.14. The summed E-state index contributed by atoms with van der Waals surface area (Å²) in [6.07, 6.45) is 11.3. The molecule has 2 aromatic rings. The number of aromatic nitrogens is 2. The fraction of sp³-hybridized carbons (Fsp3) is 0.591. The van der Waals surface area contributed by atoms with Crippen LogP contribution in [0.3, 0.4) is 0 Å². The smallest absolute Gasteiger partial charge is 1.00 e. The Kier molecular flexibility index (Phi) is 11.5. The van der Waals surface area contributed by atoms with Crippen molar-refractivity contribution in [3.63, 3.8) is 0 Å². The maximum Gasteiger partial charge on any atom is -1.00 e. The van der Waals surface area contributed by atoms with Crippen molar-refractivity contribution in [2.75, 3.05) is 0 Å². The number of unbranched alkanes of at least 4 members (excludes halogenated alkanes) is 2. The van der Waals surface area contributed by atoms with Crippen molar-refractivity contribution in [1.82, 2.24) is 4.57 Å². The third-order valence-corrected chi connectivity index (χ3v) is 21.5. The summed E-state index contributed by atoms with van der Waals surface area (Å²) >= 11 is -2.30. The largest absolute Gasteiger partial charge is 1.00 e. The van der Waals surface area contributed by atoms with Gasteiger partial charge in [-0.25, -0.2) is 0 Å². The number of hydrogen-bond donors (Lipinski definition) is 0. The van der Waals surface area contributed by atoms with Gasteiger partial charge in [0.05, 0.1) is 0 Å². The molecule has 146 valence electrons. The van der Waals surface area contributed by atoms with Gasteiger partial charge in [-0.15, -0.1) is 0 Å². The van der Waals surface area contributed by atoms with Gasteiger partial charge in [0.2, 0.25) is 0 Å². The van der Waals surface area contributed by atoms with Crippen molar-refractivity contribution >= 4 is 22.0 Å². The second-order valence-corrected chi connectivity index (χ2v) is 20.8. The van der Waals surface area contributed by atoms with Gasteiger partial charge in [0, 0.05) is 0 Å². The molecule has 0 aliphatic rings. The summed E-state index contributed by atoms with van der Waals surface area (Å²) in [6, 6.07) is 11.7. The van der Waals surface area contributed by atoms with E-state index < -0.39 is 18.4 Å². The van der Waals surface area contributed by atoms with Crippen LogP contribution in [0, 0.1) is 6.92 Å². The predicted octanol–water partition coefficient (Wildman–Crippen LogP) is 1.97. The standard InChI is InChI=1S/C8H14N2.C6H5.2C4H9.HI.Sn/c1-4-5-10-7-6-9(3)8(10)2;1-2-4-6-5-3-1;2*1-3-4-2;;/h6-7H,1,4-5H2,2-3H3;1-5H;2*1,3-4H2,2H3;1H;/q+1;;;;;/p-1. The molecule has 1 aromatic heterocycles. The molecule has 26 heavy (non-hydrogen) atoms. The van der Waals surface area contributed by atoms with Gasteiger partial charge in [-0.1, -0.05) is 0 Å². The fourth-order valence-corrected chi connectivity index (χ4v) is 19.5. The van der Waals surface area contributed by atoms with Gasteiger partial charge >= 0.3 is 159 Å². The van der Waals surface area contributed by atoms with Crippen LogP contribution in [0.4, 0.5) is 0 Å². The van der Waals surface area contributed by atoms with Crippen LogP contribution in [0.25, 0.3) is 0 Å². The number of aryl methyl sites for hydroxylation is 2.